The summed E-state index contributed by atoms with van der Waals surface area (Å²) in [7, 11) is -3.22. The molecule has 0 radical (unpaired) electrons. The van der Waals surface area contributed by atoms with Crippen LogP contribution in [0.25, 0.3) is 0 Å². The molecule has 7 heteroatoms. The fourth-order valence-corrected chi connectivity index (χ4v) is 2.51. The van der Waals surface area contributed by atoms with Gasteiger partial charge in [0.05, 0.1) is 5.75 Å². The van der Waals surface area contributed by atoms with Crippen LogP contribution in [0.1, 0.15) is 24.5 Å². The van der Waals surface area contributed by atoms with Crippen LogP contribution >= 0.6 is 0 Å². The molecule has 0 spiro atoms. The molecular weight excluding hydrogens is 274 g/mol. The van der Waals surface area contributed by atoms with Crippen molar-refractivity contribution in [3.63, 3.8) is 0 Å². The minimum atomic E-state index is -3.22. The second kappa shape index (κ2) is 7.52. The van der Waals surface area contributed by atoms with E-state index in [1.54, 1.807) is 19.1 Å². The molecule has 0 aromatic heterocycles. The minimum Gasteiger partial charge on any atom is -0.312 e. The van der Waals surface area contributed by atoms with Crippen molar-refractivity contribution in [1.29, 1.82) is 0 Å². The lowest BCUT2D eigenvalue weighted by atomic mass is 10.1. The predicted octanol–water partition coefficient (Wildman–Crippen LogP) is 1.65. The van der Waals surface area contributed by atoms with E-state index in [2.05, 4.69) is 10.0 Å². The highest BCUT2D eigenvalue weighted by Gasteiger charge is 2.08. The number of sulfonamides is 1. The average Bonchev–Trinajstić information content (AvgIpc) is 2.35. The number of benzene rings is 1. The van der Waals surface area contributed by atoms with E-state index in [1.807, 2.05) is 0 Å². The fraction of sp³-hybridized carbons (Fsp3) is 0.500. The Morgan fingerprint density at radius 1 is 1.21 bits per heavy atom. The van der Waals surface area contributed by atoms with Gasteiger partial charge in [-0.25, -0.2) is 21.9 Å². The van der Waals surface area contributed by atoms with Crippen molar-refractivity contribution in [3.05, 3.63) is 35.4 Å². The molecular formula is C12H18F2N2O2S. The summed E-state index contributed by atoms with van der Waals surface area (Å²) in [5.74, 6) is -0.00401. The van der Waals surface area contributed by atoms with E-state index >= 15 is 0 Å². The van der Waals surface area contributed by atoms with Gasteiger partial charge in [-0.05, 0) is 5.56 Å². The summed E-state index contributed by atoms with van der Waals surface area (Å²) in [4.78, 5) is 0. The predicted molar refractivity (Wildman–Crippen MR) is 70.6 cm³/mol. The third-order valence-corrected chi connectivity index (χ3v) is 3.94. The van der Waals surface area contributed by atoms with Gasteiger partial charge in [0.2, 0.25) is 10.0 Å². The van der Waals surface area contributed by atoms with Gasteiger partial charge in [-0.2, -0.15) is 0 Å². The molecule has 0 bridgehead atoms. The van der Waals surface area contributed by atoms with E-state index < -0.39 is 16.4 Å². The molecule has 4 nitrogen and oxygen atoms in total. The quantitative estimate of drug-likeness (QED) is 0.716. The molecule has 108 valence electrons. The van der Waals surface area contributed by atoms with E-state index in [9.17, 15) is 17.2 Å². The molecule has 0 unspecified atom stereocenters. The third kappa shape index (κ3) is 6.09. The van der Waals surface area contributed by atoms with Gasteiger partial charge >= 0.3 is 0 Å². The van der Waals surface area contributed by atoms with Crippen LogP contribution in [-0.4, -0.2) is 27.3 Å². The molecule has 1 rings (SSSR count). The molecule has 0 atom stereocenters. The lowest BCUT2D eigenvalue weighted by molar-refractivity contribution is 0.151. The van der Waals surface area contributed by atoms with Crippen molar-refractivity contribution in [2.24, 2.45) is 0 Å². The highest BCUT2D eigenvalue weighted by molar-refractivity contribution is 7.89. The first kappa shape index (κ1) is 16.0. The summed E-state index contributed by atoms with van der Waals surface area (Å²) >= 11 is 0. The first-order chi connectivity index (χ1) is 8.94. The normalized spacial score (nSPS) is 12.0. The highest BCUT2D eigenvalue weighted by atomic mass is 32.2. The van der Waals surface area contributed by atoms with Gasteiger partial charge in [-0.3, -0.25) is 0 Å². The summed E-state index contributed by atoms with van der Waals surface area (Å²) in [6, 6.07) is 5.95. The zero-order valence-electron chi connectivity index (χ0n) is 10.7. The van der Waals surface area contributed by atoms with Crippen LogP contribution in [-0.2, 0) is 16.6 Å². The van der Waals surface area contributed by atoms with Crippen LogP contribution in [0.3, 0.4) is 0 Å². The maximum atomic E-state index is 12.3. The molecule has 0 saturated carbocycles. The second-order valence-electron chi connectivity index (χ2n) is 4.04. The monoisotopic (exact) mass is 292 g/mol. The Kier molecular flexibility index (Phi) is 6.33. The van der Waals surface area contributed by atoms with Gasteiger partial charge in [-0.1, -0.05) is 31.2 Å². The van der Waals surface area contributed by atoms with E-state index in [0.29, 0.717) is 19.6 Å². The molecule has 2 N–H and O–H groups in total. The van der Waals surface area contributed by atoms with Crippen LogP contribution in [0.4, 0.5) is 8.78 Å². The molecule has 19 heavy (non-hydrogen) atoms. The molecule has 0 aliphatic rings. The van der Waals surface area contributed by atoms with Crippen LogP contribution in [0.15, 0.2) is 24.3 Å². The number of alkyl halides is 2. The minimum absolute atomic E-state index is 0.00401. The fourth-order valence-electron chi connectivity index (χ4n) is 1.51. The molecule has 0 heterocycles. The molecule has 0 saturated heterocycles. The van der Waals surface area contributed by atoms with E-state index in [4.69, 9.17) is 0 Å². The number of halogens is 2. The maximum absolute atomic E-state index is 12.3. The van der Waals surface area contributed by atoms with E-state index in [-0.39, 0.29) is 11.3 Å². The summed E-state index contributed by atoms with van der Waals surface area (Å²) in [6.07, 6.45) is -2.47. The Hall–Kier alpha value is -1.05. The van der Waals surface area contributed by atoms with Crippen LogP contribution in [0, 0.1) is 0 Å². The largest absolute Gasteiger partial charge is 0.312 e. The number of hydrogen-bond donors (Lipinski definition) is 2. The molecule has 0 amide bonds. The van der Waals surface area contributed by atoms with Gasteiger partial charge in [0, 0.05) is 25.2 Å². The summed E-state index contributed by atoms with van der Waals surface area (Å²) in [6.45, 7) is 2.85. The smallest absolute Gasteiger partial charge is 0.263 e. The van der Waals surface area contributed by atoms with Gasteiger partial charge in [0.1, 0.15) is 0 Å². The summed E-state index contributed by atoms with van der Waals surface area (Å²) in [5.41, 5.74) is 0.823. The van der Waals surface area contributed by atoms with Crippen molar-refractivity contribution >= 4 is 10.0 Å². The van der Waals surface area contributed by atoms with Crippen LogP contribution in [0.5, 0.6) is 0 Å². The lowest BCUT2D eigenvalue weighted by Crippen LogP contribution is -2.31. The van der Waals surface area contributed by atoms with Crippen molar-refractivity contribution in [1.82, 2.24) is 10.0 Å². The summed E-state index contributed by atoms with van der Waals surface area (Å²) in [5, 5.41) is 2.96. The first-order valence-electron chi connectivity index (χ1n) is 5.99. The molecule has 0 aliphatic heterocycles. The van der Waals surface area contributed by atoms with E-state index in [1.165, 1.54) is 12.1 Å². The Labute approximate surface area is 112 Å². The van der Waals surface area contributed by atoms with Crippen molar-refractivity contribution in [2.75, 3.05) is 18.8 Å². The molecule has 1 aromatic rings. The Balaban J connectivity index is 2.34. The molecule has 0 aliphatic carbocycles. The van der Waals surface area contributed by atoms with Gasteiger partial charge in [0.15, 0.2) is 0 Å². The maximum Gasteiger partial charge on any atom is 0.263 e. The highest BCUT2D eigenvalue weighted by Crippen LogP contribution is 2.18. The Morgan fingerprint density at radius 2 is 1.84 bits per heavy atom. The Morgan fingerprint density at radius 3 is 2.37 bits per heavy atom. The van der Waals surface area contributed by atoms with Gasteiger partial charge < -0.3 is 5.32 Å². The van der Waals surface area contributed by atoms with E-state index in [0.717, 1.165) is 5.56 Å². The van der Waals surface area contributed by atoms with Crippen molar-refractivity contribution in [3.8, 4) is 0 Å². The van der Waals surface area contributed by atoms with Crippen LogP contribution < -0.4 is 10.0 Å². The van der Waals surface area contributed by atoms with Gasteiger partial charge in [-0.15, -0.1) is 0 Å². The topological polar surface area (TPSA) is 58.2 Å². The van der Waals surface area contributed by atoms with Gasteiger partial charge in [0.25, 0.3) is 6.43 Å². The standard InChI is InChI=1S/C12H18F2N2O2S/c1-2-16-19(17,18)8-7-15-9-10-3-5-11(6-4-10)12(13)14/h3-6,12,15-16H,2,7-9H2,1H3. The second-order valence-corrected chi connectivity index (χ2v) is 5.96. The van der Waals surface area contributed by atoms with Crippen LogP contribution in [0.2, 0.25) is 0 Å². The summed E-state index contributed by atoms with van der Waals surface area (Å²) < 4.78 is 49.7. The third-order valence-electron chi connectivity index (χ3n) is 2.47. The molecule has 1 aromatic carbocycles. The zero-order chi connectivity index (χ0) is 14.3. The number of rotatable bonds is 8. The average molecular weight is 292 g/mol. The Bertz CT molecular complexity index is 475. The van der Waals surface area contributed by atoms with Crippen molar-refractivity contribution < 1.29 is 17.2 Å². The zero-order valence-corrected chi connectivity index (χ0v) is 11.5. The number of nitrogens with one attached hydrogen (secondary N) is 2. The first-order valence-corrected chi connectivity index (χ1v) is 7.65. The lowest BCUT2D eigenvalue weighted by Gasteiger charge is -2.07. The van der Waals surface area contributed by atoms with Crippen molar-refractivity contribution in [2.45, 2.75) is 19.9 Å². The molecule has 0 fully saturated rings. The number of hydrogen-bond acceptors (Lipinski definition) is 3. The SMILES string of the molecule is CCNS(=O)(=O)CCNCc1ccc(C(F)F)cc1.